The molecule has 1 unspecified atom stereocenters. The van der Waals surface area contributed by atoms with Gasteiger partial charge in [-0.15, -0.1) is 0 Å². The van der Waals surface area contributed by atoms with Crippen LogP contribution in [0.25, 0.3) is 11.0 Å². The predicted octanol–water partition coefficient (Wildman–Crippen LogP) is 2.50. The molecule has 7 nitrogen and oxygen atoms in total. The van der Waals surface area contributed by atoms with Crippen LogP contribution in [0.3, 0.4) is 0 Å². The van der Waals surface area contributed by atoms with E-state index >= 15 is 0 Å². The van der Waals surface area contributed by atoms with Crippen LogP contribution in [0.15, 0.2) is 48.8 Å². The van der Waals surface area contributed by atoms with E-state index in [1.807, 2.05) is 11.9 Å². The van der Waals surface area contributed by atoms with Gasteiger partial charge in [-0.1, -0.05) is 6.07 Å². The molecule has 1 saturated heterocycles. The van der Waals surface area contributed by atoms with E-state index in [0.29, 0.717) is 22.7 Å². The first-order chi connectivity index (χ1) is 13.6. The third-order valence-corrected chi connectivity index (χ3v) is 5.12. The van der Waals surface area contributed by atoms with Gasteiger partial charge < -0.3 is 20.5 Å². The lowest BCUT2D eigenvalue weighted by Crippen LogP contribution is -2.30. The van der Waals surface area contributed by atoms with E-state index in [0.717, 1.165) is 37.1 Å². The smallest absolute Gasteiger partial charge is 0.255 e. The molecule has 4 rings (SSSR count). The largest absolute Gasteiger partial charge is 0.345 e. The van der Waals surface area contributed by atoms with Crippen molar-refractivity contribution in [3.05, 3.63) is 59.9 Å². The van der Waals surface area contributed by atoms with Gasteiger partial charge >= 0.3 is 0 Å². The number of H-pyrrole nitrogens is 1. The number of aromatic amines is 1. The van der Waals surface area contributed by atoms with Crippen molar-refractivity contribution in [3.63, 3.8) is 0 Å². The van der Waals surface area contributed by atoms with Crippen molar-refractivity contribution < 1.29 is 9.59 Å². The average Bonchev–Trinajstić information content (AvgIpc) is 3.36. The summed E-state index contributed by atoms with van der Waals surface area (Å²) in [5.74, 6) is 0.277. The van der Waals surface area contributed by atoms with Crippen LogP contribution >= 0.6 is 0 Å². The summed E-state index contributed by atoms with van der Waals surface area (Å²) in [7, 11) is 1.93. The van der Waals surface area contributed by atoms with Gasteiger partial charge in [-0.05, 0) is 62.3 Å². The SMILES string of the molecule is CNCC1CCN(C(=O)c2cccc(NC(=O)c3ccc4nc[nH]c4c3)c2)C1. The maximum atomic E-state index is 12.8. The lowest BCUT2D eigenvalue weighted by atomic mass is 10.1. The number of anilines is 1. The zero-order valence-electron chi connectivity index (χ0n) is 15.7. The van der Waals surface area contributed by atoms with E-state index in [1.54, 1.807) is 48.8 Å². The first-order valence-electron chi connectivity index (χ1n) is 9.42. The van der Waals surface area contributed by atoms with Gasteiger partial charge in [0.05, 0.1) is 17.4 Å². The third-order valence-electron chi connectivity index (χ3n) is 5.12. The van der Waals surface area contributed by atoms with Crippen molar-refractivity contribution in [2.75, 3.05) is 32.0 Å². The molecule has 1 aromatic heterocycles. The summed E-state index contributed by atoms with van der Waals surface area (Å²) in [6.45, 7) is 2.45. The molecule has 1 aliphatic heterocycles. The van der Waals surface area contributed by atoms with E-state index in [4.69, 9.17) is 0 Å². The molecule has 0 radical (unpaired) electrons. The fourth-order valence-electron chi connectivity index (χ4n) is 3.67. The number of hydrogen-bond acceptors (Lipinski definition) is 4. The van der Waals surface area contributed by atoms with Gasteiger partial charge in [0.1, 0.15) is 0 Å². The predicted molar refractivity (Wildman–Crippen MR) is 108 cm³/mol. The highest BCUT2D eigenvalue weighted by Crippen LogP contribution is 2.20. The first kappa shape index (κ1) is 18.2. The van der Waals surface area contributed by atoms with Crippen molar-refractivity contribution >= 4 is 28.5 Å². The number of imidazole rings is 1. The molecule has 2 heterocycles. The molecule has 1 atom stereocenters. The van der Waals surface area contributed by atoms with E-state index in [1.165, 1.54) is 0 Å². The van der Waals surface area contributed by atoms with Crippen LogP contribution in [-0.4, -0.2) is 53.4 Å². The first-order valence-corrected chi connectivity index (χ1v) is 9.42. The van der Waals surface area contributed by atoms with E-state index < -0.39 is 0 Å². The van der Waals surface area contributed by atoms with Gasteiger partial charge in [-0.2, -0.15) is 0 Å². The Hall–Kier alpha value is -3.19. The highest BCUT2D eigenvalue weighted by Gasteiger charge is 2.26. The summed E-state index contributed by atoms with van der Waals surface area (Å²) in [4.78, 5) is 34.4. The molecule has 0 bridgehead atoms. The quantitative estimate of drug-likeness (QED) is 0.637. The molecule has 3 N–H and O–H groups in total. The lowest BCUT2D eigenvalue weighted by Gasteiger charge is -2.17. The molecule has 0 aliphatic carbocycles. The normalized spacial score (nSPS) is 16.5. The second kappa shape index (κ2) is 7.82. The fraction of sp³-hybridized carbons (Fsp3) is 0.286. The Labute approximate surface area is 163 Å². The number of carbonyl (C=O) groups is 2. The van der Waals surface area contributed by atoms with Crippen LogP contribution < -0.4 is 10.6 Å². The topological polar surface area (TPSA) is 90.1 Å². The summed E-state index contributed by atoms with van der Waals surface area (Å²) in [6, 6.07) is 12.4. The number of nitrogens with one attached hydrogen (secondary N) is 3. The highest BCUT2D eigenvalue weighted by atomic mass is 16.2. The number of carbonyl (C=O) groups excluding carboxylic acids is 2. The van der Waals surface area contributed by atoms with Crippen LogP contribution in [0.5, 0.6) is 0 Å². The molecule has 3 aromatic rings. The fourth-order valence-corrected chi connectivity index (χ4v) is 3.67. The van der Waals surface area contributed by atoms with Gasteiger partial charge in [0.2, 0.25) is 0 Å². The summed E-state index contributed by atoms with van der Waals surface area (Å²) in [5, 5.41) is 6.05. The summed E-state index contributed by atoms with van der Waals surface area (Å²) >= 11 is 0. The maximum Gasteiger partial charge on any atom is 0.255 e. The van der Waals surface area contributed by atoms with E-state index in [9.17, 15) is 9.59 Å². The average molecular weight is 377 g/mol. The van der Waals surface area contributed by atoms with Crippen LogP contribution in [-0.2, 0) is 0 Å². The second-order valence-corrected chi connectivity index (χ2v) is 7.13. The molecule has 7 heteroatoms. The number of hydrogen-bond donors (Lipinski definition) is 3. The zero-order valence-corrected chi connectivity index (χ0v) is 15.7. The van der Waals surface area contributed by atoms with Crippen LogP contribution in [0, 0.1) is 5.92 Å². The lowest BCUT2D eigenvalue weighted by molar-refractivity contribution is 0.0787. The molecular weight excluding hydrogens is 354 g/mol. The van der Waals surface area contributed by atoms with Gasteiger partial charge in [0.25, 0.3) is 11.8 Å². The van der Waals surface area contributed by atoms with Gasteiger partial charge in [0, 0.05) is 29.9 Å². The molecule has 2 amide bonds. The Bertz CT molecular complexity index is 1010. The maximum absolute atomic E-state index is 12.8. The number of rotatable bonds is 5. The number of fused-ring (bicyclic) bond motifs is 1. The molecule has 28 heavy (non-hydrogen) atoms. The number of benzene rings is 2. The molecule has 0 spiro atoms. The summed E-state index contributed by atoms with van der Waals surface area (Å²) < 4.78 is 0. The van der Waals surface area contributed by atoms with Gasteiger partial charge in [0.15, 0.2) is 0 Å². The van der Waals surface area contributed by atoms with Crippen molar-refractivity contribution in [1.82, 2.24) is 20.2 Å². The summed E-state index contributed by atoms with van der Waals surface area (Å²) in [6.07, 6.45) is 2.61. The molecule has 1 fully saturated rings. The molecule has 0 saturated carbocycles. The minimum atomic E-state index is -0.226. The molecule has 1 aliphatic rings. The highest BCUT2D eigenvalue weighted by molar-refractivity contribution is 6.06. The van der Waals surface area contributed by atoms with E-state index in [2.05, 4.69) is 20.6 Å². The Kier molecular flexibility index (Phi) is 5.08. The zero-order chi connectivity index (χ0) is 19.5. The van der Waals surface area contributed by atoms with Crippen molar-refractivity contribution in [3.8, 4) is 0 Å². The van der Waals surface area contributed by atoms with Crippen LogP contribution in [0.2, 0.25) is 0 Å². The Balaban J connectivity index is 1.46. The second-order valence-electron chi connectivity index (χ2n) is 7.13. The van der Waals surface area contributed by atoms with Crippen molar-refractivity contribution in [2.24, 2.45) is 5.92 Å². The Morgan fingerprint density at radius 2 is 2.11 bits per heavy atom. The summed E-state index contributed by atoms with van der Waals surface area (Å²) in [5.41, 5.74) is 3.34. The Morgan fingerprint density at radius 1 is 1.21 bits per heavy atom. The third kappa shape index (κ3) is 3.75. The minimum Gasteiger partial charge on any atom is -0.345 e. The van der Waals surface area contributed by atoms with E-state index in [-0.39, 0.29) is 11.8 Å². The van der Waals surface area contributed by atoms with Crippen LogP contribution in [0.4, 0.5) is 5.69 Å². The Morgan fingerprint density at radius 3 is 2.96 bits per heavy atom. The molecular formula is C21H23N5O2. The number of nitrogens with zero attached hydrogens (tertiary/aromatic N) is 2. The molecule has 144 valence electrons. The monoisotopic (exact) mass is 377 g/mol. The number of likely N-dealkylation sites (tertiary alicyclic amines) is 1. The minimum absolute atomic E-state index is 0.00795. The number of aromatic nitrogens is 2. The van der Waals surface area contributed by atoms with Crippen LogP contribution in [0.1, 0.15) is 27.1 Å². The van der Waals surface area contributed by atoms with Gasteiger partial charge in [-0.3, -0.25) is 9.59 Å². The standard InChI is InChI=1S/C21H23N5O2/c1-22-11-14-7-8-26(12-14)21(28)16-3-2-4-17(9-16)25-20(27)15-5-6-18-19(10-15)24-13-23-18/h2-6,9-10,13-14,22H,7-8,11-12H2,1H3,(H,23,24)(H,25,27). The molecule has 2 aromatic carbocycles. The van der Waals surface area contributed by atoms with Crippen molar-refractivity contribution in [2.45, 2.75) is 6.42 Å². The number of amides is 2. The van der Waals surface area contributed by atoms with Gasteiger partial charge in [-0.25, -0.2) is 4.98 Å². The van der Waals surface area contributed by atoms with Crippen molar-refractivity contribution in [1.29, 1.82) is 0 Å².